The van der Waals surface area contributed by atoms with E-state index < -0.39 is 46.8 Å². The van der Waals surface area contributed by atoms with Gasteiger partial charge >= 0.3 is 6.18 Å². The zero-order chi connectivity index (χ0) is 101. The molecule has 19 rings (SSSR count). The highest BCUT2D eigenvalue weighted by molar-refractivity contribution is 6.04. The highest BCUT2D eigenvalue weighted by Crippen LogP contribution is 2.44. The lowest BCUT2D eigenvalue weighted by Crippen LogP contribution is -2.28. The molecule has 13 heterocycles. The quantitative estimate of drug-likeness (QED) is 0.0203. The van der Waals surface area contributed by atoms with Crippen LogP contribution in [-0.2, 0) is 6.18 Å². The first-order valence-corrected chi connectivity index (χ1v) is 44.6. The molecule has 44 heteroatoms. The Kier molecular flexibility index (Phi) is 28.5. The van der Waals surface area contributed by atoms with Gasteiger partial charge in [0.05, 0.1) is 29.5 Å². The Bertz CT molecular complexity index is 7740. The van der Waals surface area contributed by atoms with Crippen LogP contribution in [-0.4, -0.2) is 198 Å². The Balaban J connectivity index is 0.000000137. The second-order valence-corrected chi connectivity index (χ2v) is 33.0. The number of anilines is 8. The molecule has 18 aromatic rings. The predicted octanol–water partition coefficient (Wildman–Crippen LogP) is 21.0. The maximum absolute atomic E-state index is 15.3. The Morgan fingerprint density at radius 3 is 1.18 bits per heavy atom. The number of H-pyrrole nitrogens is 7. The number of carbonyl (C=O) groups excluding carboxylic acids is 4. The summed E-state index contributed by atoms with van der Waals surface area (Å²) in [7, 11) is 6.48. The number of aromatic nitrogens is 20. The summed E-state index contributed by atoms with van der Waals surface area (Å²) < 4.78 is 132. The molecular weight excluding hydrogens is 1850 g/mol. The van der Waals surface area contributed by atoms with E-state index in [1.165, 1.54) is 86.9 Å². The van der Waals surface area contributed by atoms with Gasteiger partial charge in [-0.15, -0.1) is 0 Å². The molecule has 730 valence electrons. The number of allylic oxidation sites excluding steroid dienone is 1. The van der Waals surface area contributed by atoms with Gasteiger partial charge in [0.25, 0.3) is 23.6 Å². The van der Waals surface area contributed by atoms with E-state index in [9.17, 15) is 32.3 Å². The Morgan fingerprint density at radius 1 is 0.458 bits per heavy atom. The van der Waals surface area contributed by atoms with Crippen molar-refractivity contribution in [1.82, 2.24) is 120 Å². The van der Waals surface area contributed by atoms with Crippen LogP contribution in [0.1, 0.15) is 140 Å². The first-order valence-electron chi connectivity index (χ1n) is 44.6. The topological polar surface area (TPSA) is 450 Å². The third kappa shape index (κ3) is 21.5. The third-order valence-corrected chi connectivity index (χ3v) is 22.7. The number of benzene rings is 5. The summed E-state index contributed by atoms with van der Waals surface area (Å²) in [6.45, 7) is 19.8. The number of aryl methyl sites for hydroxylation is 5. The molecule has 5 aromatic carbocycles. The number of rotatable bonds is 28. The average molecular weight is 1940 g/mol. The van der Waals surface area contributed by atoms with Gasteiger partial charge in [-0.2, -0.15) is 28.5 Å². The fraction of sp³-hybridized carbons (Fsp3) is 0.224. The molecule has 1 fully saturated rings. The van der Waals surface area contributed by atoms with Crippen molar-refractivity contribution < 1.29 is 73.3 Å². The summed E-state index contributed by atoms with van der Waals surface area (Å²) in [5, 5.41) is 34.9. The number of halogens is 7. The molecule has 0 bridgehead atoms. The van der Waals surface area contributed by atoms with E-state index in [-0.39, 0.29) is 121 Å². The van der Waals surface area contributed by atoms with Crippen molar-refractivity contribution in [3.63, 3.8) is 0 Å². The van der Waals surface area contributed by atoms with Crippen molar-refractivity contribution in [3.05, 3.63) is 262 Å². The minimum atomic E-state index is -4.66. The van der Waals surface area contributed by atoms with Crippen LogP contribution < -0.4 is 40.2 Å². The summed E-state index contributed by atoms with van der Waals surface area (Å²) in [6, 6.07) is 31.7. The number of hydrogen-bond acceptors (Lipinski definition) is 25. The molecule has 0 unspecified atom stereocenters. The van der Waals surface area contributed by atoms with E-state index >= 15 is 17.6 Å². The number of ether oxygens (including phenoxy) is 4. The normalized spacial score (nSPS) is 11.8. The molecule has 1 saturated carbocycles. The van der Waals surface area contributed by atoms with E-state index in [0.29, 0.717) is 105 Å². The van der Waals surface area contributed by atoms with Gasteiger partial charge in [-0.05, 0) is 191 Å². The van der Waals surface area contributed by atoms with Crippen molar-refractivity contribution >= 4 is 120 Å². The molecule has 13 aromatic heterocycles. The summed E-state index contributed by atoms with van der Waals surface area (Å²) in [5.41, 5.74) is 8.10. The van der Waals surface area contributed by atoms with E-state index in [2.05, 4.69) is 117 Å². The fourth-order valence-corrected chi connectivity index (χ4v) is 14.8. The van der Waals surface area contributed by atoms with E-state index in [1.54, 1.807) is 127 Å². The number of aromatic amines is 7. The lowest BCUT2D eigenvalue weighted by molar-refractivity contribution is -0.137. The average Bonchev–Trinajstić information content (AvgIpc) is 1.49. The largest absolute Gasteiger partial charge is 0.463 e. The van der Waals surface area contributed by atoms with Gasteiger partial charge in [0.2, 0.25) is 23.5 Å². The highest BCUT2D eigenvalue weighted by Gasteiger charge is 2.35. The van der Waals surface area contributed by atoms with Gasteiger partial charge in [0.1, 0.15) is 53.3 Å². The minimum Gasteiger partial charge on any atom is -0.463 e. The Morgan fingerprint density at radius 2 is 0.831 bits per heavy atom. The van der Waals surface area contributed by atoms with Crippen molar-refractivity contribution in [2.75, 3.05) is 75.6 Å². The first-order chi connectivity index (χ1) is 68.2. The first kappa shape index (κ1) is 97.3. The standard InChI is InChI=1S/C28H25F4N7O2.C24H22FN7O3.2C23H24FN7O2/c1-5-38(4)27(40)23-25(33-13-34-26(23)41-22-7-6-21-20(24(22)29)8-15(2)36-21)37-18-9-17(28(30,31)32)10-19(11-18)39-12-16(3)35-14-39;1-4-32(3)24(33)20-22(29-19-11-16(30-31-19)17-6-5-9-34-17)26-12-27-23(20)35-18-8-7-15-14(21(18)25)10-13(2)28-15;1-4-31(3)23(32)19-21(28-18-10-16(29-30-18)13-5-6-13)25-11-26-22(19)33-17-8-7-15-14(20(17)24)9-12(2)27-15;1-5-7-14-11-18(30-29-14)28-21-19(23(32)31(4)6-2)22(26-12-25-21)33-17-9-8-16-15(20(17)24)10-13(3)27-16/h6-14,36H,5H2,1-4H3,(H,33,34,37);5-12,28H,4H2,1-3H3,(H2,26,27,29,30,31);7-11,13,27H,4-6H2,1-3H3,(H2,25,26,28,29,30);5,7-12,27H,6H2,1-4H3,(H2,25,26,28,29,30)/b;;;7-5+. The van der Waals surface area contributed by atoms with E-state index in [0.717, 1.165) is 65.5 Å². The van der Waals surface area contributed by atoms with E-state index in [4.69, 9.17) is 23.4 Å². The lowest BCUT2D eigenvalue weighted by atomic mass is 10.1. The zero-order valence-electron chi connectivity index (χ0n) is 79.0. The lowest BCUT2D eigenvalue weighted by Gasteiger charge is -2.20. The van der Waals surface area contributed by atoms with Crippen LogP contribution in [0.3, 0.4) is 0 Å². The number of furan rings is 1. The molecule has 1 aliphatic rings. The monoisotopic (exact) mass is 1940 g/mol. The van der Waals surface area contributed by atoms with Crippen LogP contribution in [0.25, 0.3) is 66.8 Å². The van der Waals surface area contributed by atoms with Crippen LogP contribution in [0.15, 0.2) is 176 Å². The summed E-state index contributed by atoms with van der Waals surface area (Å²) in [4.78, 5) is 109. The van der Waals surface area contributed by atoms with Crippen molar-refractivity contribution in [2.24, 2.45) is 0 Å². The third-order valence-electron chi connectivity index (χ3n) is 22.7. The van der Waals surface area contributed by atoms with Gasteiger partial charge < -0.3 is 88.7 Å². The van der Waals surface area contributed by atoms with Crippen molar-refractivity contribution in [1.29, 1.82) is 0 Å². The van der Waals surface area contributed by atoms with Gasteiger partial charge in [-0.1, -0.05) is 6.08 Å². The SMILES string of the molecule is C/C=C/c1cc(Nc2ncnc(Oc3ccc4[nH]c(C)cc4c3F)c2C(=O)N(C)CC)n[nH]1.CCN(C)C(=O)c1c(Nc2cc(-c3ccco3)[nH]n2)ncnc1Oc1ccc2[nH]c(C)cc2c1F.CCN(C)C(=O)c1c(Nc2cc(-n3cnc(C)c3)cc(C(F)(F)F)c2)ncnc1Oc1ccc2[nH]c(C)cc2c1F.CCN(C)C(=O)c1c(Nc2cc(C3CC3)[nH]n2)ncnc1Oc1ccc2[nH]c(C)cc2c1F. The highest BCUT2D eigenvalue weighted by atomic mass is 19.4. The van der Waals surface area contributed by atoms with Crippen LogP contribution in [0, 0.1) is 57.9 Å². The van der Waals surface area contributed by atoms with Crippen molar-refractivity contribution in [3.8, 4) is 63.7 Å². The van der Waals surface area contributed by atoms with Gasteiger partial charge in [-0.25, -0.2) is 62.4 Å². The predicted molar refractivity (Wildman–Crippen MR) is 518 cm³/mol. The fourth-order valence-electron chi connectivity index (χ4n) is 14.8. The minimum absolute atomic E-state index is 0.00516. The summed E-state index contributed by atoms with van der Waals surface area (Å²) >= 11 is 0. The number of carbonyl (C=O) groups is 4. The molecule has 4 amide bonds. The molecule has 0 atom stereocenters. The molecule has 142 heavy (non-hydrogen) atoms. The molecule has 0 aliphatic heterocycles. The second kappa shape index (κ2) is 41.7. The molecular formula is C98H95F7N28O9. The summed E-state index contributed by atoms with van der Waals surface area (Å²) in [5.74, 6) is -1.84. The van der Waals surface area contributed by atoms with Gasteiger partial charge in [0, 0.05) is 168 Å². The molecule has 11 N–H and O–H groups in total. The smallest absolute Gasteiger partial charge is 0.416 e. The molecule has 0 spiro atoms. The molecule has 0 saturated heterocycles. The van der Waals surface area contributed by atoms with Crippen LogP contribution >= 0.6 is 0 Å². The maximum Gasteiger partial charge on any atom is 0.416 e. The van der Waals surface area contributed by atoms with Gasteiger partial charge in [0.15, 0.2) is 92.8 Å². The maximum atomic E-state index is 15.3. The number of imidazole rings is 1. The second-order valence-electron chi connectivity index (χ2n) is 33.0. The van der Waals surface area contributed by atoms with Gasteiger partial charge in [-0.3, -0.25) is 34.5 Å². The van der Waals surface area contributed by atoms with E-state index in [1.807, 2.05) is 66.7 Å². The number of alkyl halides is 3. The Hall–Kier alpha value is -17.8. The Labute approximate surface area is 804 Å². The molecule has 1 aliphatic carbocycles. The van der Waals surface area contributed by atoms with Crippen molar-refractivity contribution in [2.45, 2.75) is 94.2 Å². The molecule has 37 nitrogen and oxygen atoms in total. The number of amides is 4. The number of nitrogens with one attached hydrogen (secondary N) is 11. The number of fused-ring (bicyclic) bond motifs is 4. The summed E-state index contributed by atoms with van der Waals surface area (Å²) in [6.07, 6.45) is 10.7. The van der Waals surface area contributed by atoms with Crippen LogP contribution in [0.4, 0.5) is 77.1 Å². The number of hydrogen-bond donors (Lipinski definition) is 11. The molecule has 0 radical (unpaired) electrons. The van der Waals surface area contributed by atoms with Crippen LogP contribution in [0.5, 0.6) is 46.5 Å². The van der Waals surface area contributed by atoms with Crippen LogP contribution in [0.2, 0.25) is 0 Å². The number of nitrogens with zero attached hydrogens (tertiary/aromatic N) is 17. The zero-order valence-corrected chi connectivity index (χ0v) is 79.0.